The van der Waals surface area contributed by atoms with Crippen molar-refractivity contribution in [3.8, 4) is 11.8 Å². The van der Waals surface area contributed by atoms with Crippen molar-refractivity contribution >= 4 is 26.5 Å². The summed E-state index contributed by atoms with van der Waals surface area (Å²) < 4.78 is 26.7. The van der Waals surface area contributed by atoms with E-state index in [0.717, 1.165) is 25.7 Å². The Balaban J connectivity index is 1.95. The lowest BCUT2D eigenvalue weighted by Gasteiger charge is -2.21. The quantitative estimate of drug-likeness (QED) is 0.831. The van der Waals surface area contributed by atoms with Crippen LogP contribution in [0.5, 0.6) is 0 Å². The minimum Gasteiger partial charge on any atom is -0.384 e. The van der Waals surface area contributed by atoms with Gasteiger partial charge in [0.25, 0.3) is 0 Å². The number of sulfonamides is 1. The maximum absolute atomic E-state index is 12.1. The summed E-state index contributed by atoms with van der Waals surface area (Å²) in [6.45, 7) is -0.222. The molecule has 0 atom stereocenters. The van der Waals surface area contributed by atoms with Gasteiger partial charge in [0.05, 0.1) is 16.8 Å². The molecule has 7 heteroatoms. The van der Waals surface area contributed by atoms with Crippen LogP contribution < -0.4 is 4.72 Å². The Morgan fingerprint density at radius 2 is 2.15 bits per heavy atom. The molecule has 0 radical (unpaired) electrons. The molecule has 1 aliphatic carbocycles. The monoisotopic (exact) mass is 314 g/mol. The molecule has 110 valence electrons. The van der Waals surface area contributed by atoms with Gasteiger partial charge in [-0.1, -0.05) is 42.4 Å². The molecule has 1 saturated carbocycles. The summed E-state index contributed by atoms with van der Waals surface area (Å²) in [6.07, 6.45) is 6.95. The minimum atomic E-state index is -3.34. The van der Waals surface area contributed by atoms with Crippen molar-refractivity contribution in [1.82, 2.24) is 4.98 Å². The molecule has 1 aromatic rings. The number of nitrogens with one attached hydrogen (secondary N) is 1. The lowest BCUT2D eigenvalue weighted by molar-refractivity contribution is 0.350. The Bertz CT molecular complexity index is 593. The average Bonchev–Trinajstić information content (AvgIpc) is 2.83. The van der Waals surface area contributed by atoms with Crippen LogP contribution in [0.2, 0.25) is 0 Å². The molecule has 0 aliphatic heterocycles. The third-order valence-electron chi connectivity index (χ3n) is 3.22. The first-order chi connectivity index (χ1) is 9.59. The van der Waals surface area contributed by atoms with Gasteiger partial charge in [-0.05, 0) is 18.8 Å². The second kappa shape index (κ2) is 7.07. The molecule has 20 heavy (non-hydrogen) atoms. The van der Waals surface area contributed by atoms with E-state index in [9.17, 15) is 8.42 Å². The number of thiazole rings is 1. The fourth-order valence-corrected chi connectivity index (χ4v) is 4.79. The third-order valence-corrected chi connectivity index (χ3v) is 5.59. The van der Waals surface area contributed by atoms with Gasteiger partial charge in [-0.2, -0.15) is 0 Å². The molecule has 0 aromatic carbocycles. The number of rotatable bonds is 4. The van der Waals surface area contributed by atoms with E-state index in [1.54, 1.807) is 0 Å². The number of nitrogens with zero attached hydrogens (tertiary/aromatic N) is 1. The Kier molecular flexibility index (Phi) is 5.40. The second-order valence-corrected chi connectivity index (χ2v) is 7.67. The van der Waals surface area contributed by atoms with Gasteiger partial charge in [-0.3, -0.25) is 4.72 Å². The molecule has 1 heterocycles. The number of hydrogen-bond donors (Lipinski definition) is 2. The molecule has 0 bridgehead atoms. The highest BCUT2D eigenvalue weighted by molar-refractivity contribution is 7.92. The molecular formula is C13H18N2O3S2. The van der Waals surface area contributed by atoms with Gasteiger partial charge < -0.3 is 5.11 Å². The number of aliphatic hydroxyl groups excluding tert-OH is 1. The van der Waals surface area contributed by atoms with Crippen LogP contribution >= 0.6 is 11.3 Å². The summed E-state index contributed by atoms with van der Waals surface area (Å²) in [7, 11) is -3.34. The number of anilines is 1. The fraction of sp³-hybridized carbons (Fsp3) is 0.615. The molecular weight excluding hydrogens is 296 g/mol. The van der Waals surface area contributed by atoms with Crippen molar-refractivity contribution in [2.24, 2.45) is 5.92 Å². The summed E-state index contributed by atoms with van der Waals surface area (Å²) in [5.74, 6) is 5.64. The highest BCUT2D eigenvalue weighted by Crippen LogP contribution is 2.26. The molecule has 2 rings (SSSR count). The smallest absolute Gasteiger partial charge is 0.234 e. The zero-order chi connectivity index (χ0) is 14.4. The maximum atomic E-state index is 12.1. The zero-order valence-electron chi connectivity index (χ0n) is 11.1. The third kappa shape index (κ3) is 4.78. The van der Waals surface area contributed by atoms with Gasteiger partial charge >= 0.3 is 0 Å². The molecule has 0 unspecified atom stereocenters. The first-order valence-corrected chi connectivity index (χ1v) is 9.12. The van der Waals surface area contributed by atoms with E-state index in [-0.39, 0.29) is 18.3 Å². The zero-order valence-corrected chi connectivity index (χ0v) is 12.8. The highest BCUT2D eigenvalue weighted by Gasteiger charge is 2.22. The van der Waals surface area contributed by atoms with Crippen LogP contribution in [0.4, 0.5) is 5.13 Å². The minimum absolute atomic E-state index is 0.171. The SMILES string of the molecule is O=S(=O)(CC1CCCCC1)Nc1ncc(C#CCO)s1. The molecule has 0 amide bonds. The Morgan fingerprint density at radius 3 is 2.85 bits per heavy atom. The van der Waals surface area contributed by atoms with Crippen LogP contribution in [0.15, 0.2) is 6.20 Å². The lowest BCUT2D eigenvalue weighted by Crippen LogP contribution is -2.24. The molecule has 1 aromatic heterocycles. The summed E-state index contributed by atoms with van der Waals surface area (Å²) in [5.41, 5.74) is 0. The fourth-order valence-electron chi connectivity index (χ4n) is 2.34. The number of hydrogen-bond acceptors (Lipinski definition) is 5. The van der Waals surface area contributed by atoms with E-state index in [0.29, 0.717) is 10.0 Å². The number of aliphatic hydroxyl groups is 1. The van der Waals surface area contributed by atoms with E-state index in [2.05, 4.69) is 21.5 Å². The molecule has 0 spiro atoms. The lowest BCUT2D eigenvalue weighted by atomic mass is 9.91. The standard InChI is InChI=1S/C13H18N2O3S2/c16-8-4-7-12-9-14-13(19-12)15-20(17,18)10-11-5-2-1-3-6-11/h9,11,16H,1-3,5-6,8,10H2,(H,14,15). The van der Waals surface area contributed by atoms with Crippen molar-refractivity contribution in [2.45, 2.75) is 32.1 Å². The van der Waals surface area contributed by atoms with E-state index < -0.39 is 10.0 Å². The van der Waals surface area contributed by atoms with Gasteiger partial charge in [0.15, 0.2) is 5.13 Å². The van der Waals surface area contributed by atoms with Crippen LogP contribution in [0.3, 0.4) is 0 Å². The van der Waals surface area contributed by atoms with E-state index in [1.807, 2.05) is 0 Å². The topological polar surface area (TPSA) is 79.3 Å². The van der Waals surface area contributed by atoms with Crippen molar-refractivity contribution in [3.63, 3.8) is 0 Å². The van der Waals surface area contributed by atoms with Crippen molar-refractivity contribution in [3.05, 3.63) is 11.1 Å². The van der Waals surface area contributed by atoms with Crippen molar-refractivity contribution in [2.75, 3.05) is 17.1 Å². The summed E-state index contributed by atoms with van der Waals surface area (Å²) in [6, 6.07) is 0. The largest absolute Gasteiger partial charge is 0.384 e. The molecule has 1 fully saturated rings. The van der Waals surface area contributed by atoms with Gasteiger partial charge in [-0.25, -0.2) is 13.4 Å². The van der Waals surface area contributed by atoms with Crippen molar-refractivity contribution < 1.29 is 13.5 Å². The van der Waals surface area contributed by atoms with E-state index >= 15 is 0 Å². The van der Waals surface area contributed by atoms with Gasteiger partial charge in [0.2, 0.25) is 10.0 Å². The van der Waals surface area contributed by atoms with Crippen LogP contribution in [0.25, 0.3) is 0 Å². The average molecular weight is 314 g/mol. The summed E-state index contributed by atoms with van der Waals surface area (Å²) in [4.78, 5) is 4.63. The predicted octanol–water partition coefficient (Wildman–Crippen LogP) is 1.81. The normalized spacial score (nSPS) is 16.4. The maximum Gasteiger partial charge on any atom is 0.234 e. The van der Waals surface area contributed by atoms with Crippen LogP contribution in [-0.4, -0.2) is 30.9 Å². The molecule has 0 saturated heterocycles. The van der Waals surface area contributed by atoms with Crippen molar-refractivity contribution in [1.29, 1.82) is 0 Å². The summed E-state index contributed by atoms with van der Waals surface area (Å²) >= 11 is 1.18. The van der Waals surface area contributed by atoms with Gasteiger partial charge in [0.1, 0.15) is 6.61 Å². The highest BCUT2D eigenvalue weighted by atomic mass is 32.2. The second-order valence-electron chi connectivity index (χ2n) is 4.88. The van der Waals surface area contributed by atoms with Crippen LogP contribution in [0, 0.1) is 17.8 Å². The first-order valence-electron chi connectivity index (χ1n) is 6.65. The Morgan fingerprint density at radius 1 is 1.40 bits per heavy atom. The molecule has 2 N–H and O–H groups in total. The number of aromatic nitrogens is 1. The van der Waals surface area contributed by atoms with E-state index in [4.69, 9.17) is 5.11 Å². The molecule has 1 aliphatic rings. The van der Waals surface area contributed by atoms with E-state index in [1.165, 1.54) is 24.0 Å². The van der Waals surface area contributed by atoms with Crippen LogP contribution in [0.1, 0.15) is 37.0 Å². The molecule has 5 nitrogen and oxygen atoms in total. The first kappa shape index (κ1) is 15.3. The van der Waals surface area contributed by atoms with Gasteiger partial charge in [0, 0.05) is 0 Å². The summed E-state index contributed by atoms with van der Waals surface area (Å²) in [5, 5.41) is 8.94. The predicted molar refractivity (Wildman–Crippen MR) is 80.1 cm³/mol. The Labute approximate surface area is 123 Å². The van der Waals surface area contributed by atoms with Gasteiger partial charge in [-0.15, -0.1) is 0 Å². The van der Waals surface area contributed by atoms with Crippen LogP contribution in [-0.2, 0) is 10.0 Å². The Hall–Kier alpha value is -1.10.